The molecule has 1 aromatic carbocycles. The number of nitrogens with zero attached hydrogens (tertiary/aromatic N) is 3. The van der Waals surface area contributed by atoms with Gasteiger partial charge in [0.15, 0.2) is 0 Å². The number of amides is 1. The quantitative estimate of drug-likeness (QED) is 0.693. The summed E-state index contributed by atoms with van der Waals surface area (Å²) in [6.07, 6.45) is 1.78. The van der Waals surface area contributed by atoms with Gasteiger partial charge in [0.2, 0.25) is 0 Å². The molecule has 6 nitrogen and oxygen atoms in total. The highest BCUT2D eigenvalue weighted by Gasteiger charge is 2.20. The highest BCUT2D eigenvalue weighted by molar-refractivity contribution is 5.98. The molecular formula is C21H25N3O3. The number of aryl methyl sites for hydroxylation is 2. The summed E-state index contributed by atoms with van der Waals surface area (Å²) >= 11 is 0. The Morgan fingerprint density at radius 1 is 1.19 bits per heavy atom. The minimum atomic E-state index is -0.0617. The van der Waals surface area contributed by atoms with E-state index in [0.29, 0.717) is 12.2 Å². The molecule has 2 heterocycles. The molecule has 3 aromatic rings. The van der Waals surface area contributed by atoms with Crippen molar-refractivity contribution in [2.45, 2.75) is 20.4 Å². The van der Waals surface area contributed by atoms with Crippen LogP contribution in [0.5, 0.6) is 11.5 Å². The second kappa shape index (κ2) is 7.31. The predicted molar refractivity (Wildman–Crippen MR) is 106 cm³/mol. The number of pyridine rings is 1. The fourth-order valence-corrected chi connectivity index (χ4v) is 3.38. The highest BCUT2D eigenvalue weighted by atomic mass is 16.5. The van der Waals surface area contributed by atoms with Crippen molar-refractivity contribution in [1.29, 1.82) is 0 Å². The van der Waals surface area contributed by atoms with Crippen molar-refractivity contribution in [2.24, 2.45) is 7.05 Å². The second-order valence-corrected chi connectivity index (χ2v) is 6.72. The van der Waals surface area contributed by atoms with E-state index in [-0.39, 0.29) is 5.91 Å². The van der Waals surface area contributed by atoms with Crippen LogP contribution in [0, 0.1) is 13.8 Å². The van der Waals surface area contributed by atoms with Gasteiger partial charge in [-0.2, -0.15) is 0 Å². The van der Waals surface area contributed by atoms with Crippen LogP contribution in [0.2, 0.25) is 0 Å². The van der Waals surface area contributed by atoms with Crippen LogP contribution in [0.3, 0.4) is 0 Å². The lowest BCUT2D eigenvalue weighted by atomic mass is 10.1. The van der Waals surface area contributed by atoms with E-state index in [0.717, 1.165) is 39.2 Å². The van der Waals surface area contributed by atoms with Crippen LogP contribution in [0.4, 0.5) is 0 Å². The monoisotopic (exact) mass is 367 g/mol. The van der Waals surface area contributed by atoms with E-state index in [1.807, 2.05) is 49.7 Å². The number of rotatable bonds is 5. The average Bonchev–Trinajstić information content (AvgIpc) is 2.99. The number of carbonyl (C=O) groups is 1. The SMILES string of the molecule is COc1ccc2c(c1)cc(C(=O)N(C)Cc1ncc(C)c(OC)c1C)n2C. The summed E-state index contributed by atoms with van der Waals surface area (Å²) in [4.78, 5) is 19.2. The molecule has 27 heavy (non-hydrogen) atoms. The summed E-state index contributed by atoms with van der Waals surface area (Å²) in [5, 5.41) is 0.972. The van der Waals surface area contributed by atoms with Gasteiger partial charge in [0, 0.05) is 42.3 Å². The molecule has 0 bridgehead atoms. The summed E-state index contributed by atoms with van der Waals surface area (Å²) in [7, 11) is 6.97. The van der Waals surface area contributed by atoms with Crippen molar-refractivity contribution < 1.29 is 14.3 Å². The Labute approximate surface area is 159 Å². The first-order chi connectivity index (χ1) is 12.9. The van der Waals surface area contributed by atoms with E-state index < -0.39 is 0 Å². The van der Waals surface area contributed by atoms with Gasteiger partial charge < -0.3 is 18.9 Å². The van der Waals surface area contributed by atoms with Crippen molar-refractivity contribution >= 4 is 16.8 Å². The number of hydrogen-bond acceptors (Lipinski definition) is 4. The number of benzene rings is 1. The highest BCUT2D eigenvalue weighted by Crippen LogP contribution is 2.26. The van der Waals surface area contributed by atoms with Crippen molar-refractivity contribution in [3.05, 3.63) is 53.0 Å². The minimum absolute atomic E-state index is 0.0617. The van der Waals surface area contributed by atoms with Gasteiger partial charge in [-0.05, 0) is 38.1 Å². The number of fused-ring (bicyclic) bond motifs is 1. The zero-order valence-corrected chi connectivity index (χ0v) is 16.7. The Morgan fingerprint density at radius 2 is 1.93 bits per heavy atom. The van der Waals surface area contributed by atoms with Crippen LogP contribution in [0.15, 0.2) is 30.5 Å². The smallest absolute Gasteiger partial charge is 0.270 e. The van der Waals surface area contributed by atoms with Crippen LogP contribution in [-0.2, 0) is 13.6 Å². The van der Waals surface area contributed by atoms with Gasteiger partial charge in [-0.15, -0.1) is 0 Å². The molecule has 3 rings (SSSR count). The van der Waals surface area contributed by atoms with Crippen molar-refractivity contribution in [2.75, 3.05) is 21.3 Å². The topological polar surface area (TPSA) is 56.6 Å². The Balaban J connectivity index is 1.90. The molecule has 2 aromatic heterocycles. The molecule has 0 saturated heterocycles. The van der Waals surface area contributed by atoms with E-state index in [1.165, 1.54) is 0 Å². The van der Waals surface area contributed by atoms with Crippen molar-refractivity contribution in [3.63, 3.8) is 0 Å². The van der Waals surface area contributed by atoms with Gasteiger partial charge in [-0.3, -0.25) is 9.78 Å². The van der Waals surface area contributed by atoms with E-state index >= 15 is 0 Å². The molecule has 0 aliphatic rings. The van der Waals surface area contributed by atoms with Crippen molar-refractivity contribution in [3.8, 4) is 11.5 Å². The van der Waals surface area contributed by atoms with E-state index in [9.17, 15) is 4.79 Å². The molecular weight excluding hydrogens is 342 g/mol. The average molecular weight is 367 g/mol. The lowest BCUT2D eigenvalue weighted by Crippen LogP contribution is -2.28. The van der Waals surface area contributed by atoms with Crippen LogP contribution in [-0.4, -0.2) is 41.6 Å². The third-order valence-corrected chi connectivity index (χ3v) is 4.95. The lowest BCUT2D eigenvalue weighted by Gasteiger charge is -2.19. The third kappa shape index (κ3) is 3.35. The predicted octanol–water partition coefficient (Wildman–Crippen LogP) is 3.48. The maximum atomic E-state index is 13.0. The Morgan fingerprint density at radius 3 is 2.59 bits per heavy atom. The van der Waals surface area contributed by atoms with Gasteiger partial charge in [-0.25, -0.2) is 0 Å². The Kier molecular flexibility index (Phi) is 5.08. The fourth-order valence-electron chi connectivity index (χ4n) is 3.38. The molecule has 6 heteroatoms. The first-order valence-electron chi connectivity index (χ1n) is 8.75. The molecule has 0 fully saturated rings. The summed E-state index contributed by atoms with van der Waals surface area (Å²) < 4.78 is 12.6. The number of hydrogen-bond donors (Lipinski definition) is 0. The zero-order valence-electron chi connectivity index (χ0n) is 16.7. The maximum Gasteiger partial charge on any atom is 0.270 e. The summed E-state index contributed by atoms with van der Waals surface area (Å²) in [6, 6.07) is 7.68. The van der Waals surface area contributed by atoms with Gasteiger partial charge in [0.25, 0.3) is 5.91 Å². The van der Waals surface area contributed by atoms with Gasteiger partial charge in [0.05, 0.1) is 26.5 Å². The molecule has 0 aliphatic carbocycles. The minimum Gasteiger partial charge on any atom is -0.497 e. The van der Waals surface area contributed by atoms with Crippen LogP contribution >= 0.6 is 0 Å². The second-order valence-electron chi connectivity index (χ2n) is 6.72. The molecule has 0 atom stereocenters. The molecule has 142 valence electrons. The van der Waals surface area contributed by atoms with E-state index in [1.54, 1.807) is 32.4 Å². The molecule has 0 spiro atoms. The van der Waals surface area contributed by atoms with Crippen LogP contribution < -0.4 is 9.47 Å². The molecule has 0 aliphatic heterocycles. The number of methoxy groups -OCH3 is 2. The van der Waals surface area contributed by atoms with Gasteiger partial charge in [0.1, 0.15) is 17.2 Å². The van der Waals surface area contributed by atoms with E-state index in [4.69, 9.17) is 9.47 Å². The normalized spacial score (nSPS) is 10.9. The molecule has 0 saturated carbocycles. The largest absolute Gasteiger partial charge is 0.497 e. The Bertz CT molecular complexity index is 1010. The standard InChI is InChI=1S/C21H25N3O3/c1-13-11-22-17(14(2)20(13)27-6)12-23(3)21(25)19-10-15-9-16(26-5)7-8-18(15)24(19)4/h7-11H,12H2,1-6H3. The summed E-state index contributed by atoms with van der Waals surface area (Å²) in [5.41, 5.74) is 4.37. The van der Waals surface area contributed by atoms with E-state index in [2.05, 4.69) is 4.98 Å². The zero-order chi connectivity index (χ0) is 19.7. The molecule has 0 unspecified atom stereocenters. The van der Waals surface area contributed by atoms with Gasteiger partial charge >= 0.3 is 0 Å². The lowest BCUT2D eigenvalue weighted by molar-refractivity contribution is 0.0774. The van der Waals surface area contributed by atoms with Crippen LogP contribution in [0.25, 0.3) is 10.9 Å². The number of ether oxygens (including phenoxy) is 2. The molecule has 0 radical (unpaired) electrons. The third-order valence-electron chi connectivity index (χ3n) is 4.95. The van der Waals surface area contributed by atoms with Crippen LogP contribution in [0.1, 0.15) is 27.3 Å². The molecule has 0 N–H and O–H groups in total. The summed E-state index contributed by atoms with van der Waals surface area (Å²) in [5.74, 6) is 1.53. The van der Waals surface area contributed by atoms with Crippen molar-refractivity contribution in [1.82, 2.24) is 14.5 Å². The number of aromatic nitrogens is 2. The number of carbonyl (C=O) groups excluding carboxylic acids is 1. The maximum absolute atomic E-state index is 13.0. The molecule has 1 amide bonds. The first kappa shape index (κ1) is 18.8. The Hall–Kier alpha value is -3.02. The summed E-state index contributed by atoms with van der Waals surface area (Å²) in [6.45, 7) is 4.34. The first-order valence-corrected chi connectivity index (χ1v) is 8.75. The van der Waals surface area contributed by atoms with Gasteiger partial charge in [-0.1, -0.05) is 0 Å². The fraction of sp³-hybridized carbons (Fsp3) is 0.333.